The Hall–Kier alpha value is -2.89. The Morgan fingerprint density at radius 2 is 1.73 bits per heavy atom. The number of rotatable bonds is 4. The van der Waals surface area contributed by atoms with E-state index in [2.05, 4.69) is 0 Å². The summed E-state index contributed by atoms with van der Waals surface area (Å²) in [6.07, 6.45) is 5.47. The molecule has 2 heterocycles. The number of amides is 1. The van der Waals surface area contributed by atoms with Crippen LogP contribution in [0.4, 0.5) is 0 Å². The van der Waals surface area contributed by atoms with Gasteiger partial charge in [0.1, 0.15) is 0 Å². The van der Waals surface area contributed by atoms with Crippen LogP contribution in [0.15, 0.2) is 66.9 Å². The topological polar surface area (TPSA) is 47.4 Å². The summed E-state index contributed by atoms with van der Waals surface area (Å²) < 4.78 is 7.55. The smallest absolute Gasteiger partial charge is 0.246 e. The molecule has 0 aliphatic carbocycles. The molecule has 4 rings (SSSR count). The van der Waals surface area contributed by atoms with Crippen LogP contribution >= 0.6 is 11.6 Å². The minimum absolute atomic E-state index is 0.0217. The van der Waals surface area contributed by atoms with Gasteiger partial charge in [0.2, 0.25) is 5.91 Å². The number of carbonyl (C=O) groups excluding carboxylic acids is 1. The van der Waals surface area contributed by atoms with Crippen LogP contribution in [0.3, 0.4) is 0 Å². The molecule has 0 unspecified atom stereocenters. The summed E-state index contributed by atoms with van der Waals surface area (Å²) in [5.41, 5.74) is 3.55. The van der Waals surface area contributed by atoms with Gasteiger partial charge in [-0.15, -0.1) is 0 Å². The van der Waals surface area contributed by atoms with E-state index >= 15 is 0 Å². The Morgan fingerprint density at radius 3 is 2.40 bits per heavy atom. The number of carbonyl (C=O) groups is 1. The summed E-state index contributed by atoms with van der Waals surface area (Å²) in [4.78, 5) is 14.6. The molecule has 0 radical (unpaired) electrons. The molecule has 0 bridgehead atoms. The molecule has 1 saturated heterocycles. The molecular weight excluding hydrogens is 398 g/mol. The lowest BCUT2D eigenvalue weighted by Gasteiger charge is -2.34. The first kappa shape index (κ1) is 20.4. The van der Waals surface area contributed by atoms with E-state index in [0.717, 1.165) is 22.5 Å². The van der Waals surface area contributed by atoms with E-state index in [1.807, 2.05) is 90.3 Å². The van der Waals surface area contributed by atoms with E-state index in [9.17, 15) is 4.79 Å². The third kappa shape index (κ3) is 4.64. The monoisotopic (exact) mass is 421 g/mol. The van der Waals surface area contributed by atoms with E-state index in [1.165, 1.54) is 0 Å². The van der Waals surface area contributed by atoms with Crippen molar-refractivity contribution in [3.05, 3.63) is 77.5 Å². The maximum absolute atomic E-state index is 12.8. The number of morpholine rings is 1. The second-order valence-electron chi connectivity index (χ2n) is 7.55. The Kier molecular flexibility index (Phi) is 6.02. The highest BCUT2D eigenvalue weighted by Gasteiger charge is 2.24. The standard InChI is InChI=1S/C24H24ClN3O2/c1-17-14-27(15-18(2)30-17)23(29)13-10-20-16-28(22-6-4-3-5-7-22)26-24(20)19-8-11-21(25)12-9-19/h3-13,16-18H,14-15H2,1-2H3/b13-10+/t17-,18+. The predicted octanol–water partition coefficient (Wildman–Crippen LogP) is 4.84. The zero-order valence-electron chi connectivity index (χ0n) is 17.0. The van der Waals surface area contributed by atoms with Crippen molar-refractivity contribution in [2.24, 2.45) is 0 Å². The molecule has 6 heteroatoms. The first-order chi connectivity index (χ1) is 14.5. The zero-order valence-corrected chi connectivity index (χ0v) is 17.8. The summed E-state index contributed by atoms with van der Waals surface area (Å²) in [7, 11) is 0. The average Bonchev–Trinajstić information content (AvgIpc) is 3.17. The molecule has 1 fully saturated rings. The molecule has 30 heavy (non-hydrogen) atoms. The average molecular weight is 422 g/mol. The lowest BCUT2D eigenvalue weighted by Crippen LogP contribution is -2.47. The number of ether oxygens (including phenoxy) is 1. The summed E-state index contributed by atoms with van der Waals surface area (Å²) in [6.45, 7) is 5.17. The molecule has 3 aromatic rings. The summed E-state index contributed by atoms with van der Waals surface area (Å²) in [5, 5.41) is 5.44. The first-order valence-corrected chi connectivity index (χ1v) is 10.4. The van der Waals surface area contributed by atoms with Crippen LogP contribution in [0, 0.1) is 0 Å². The van der Waals surface area contributed by atoms with Crippen LogP contribution in [0.25, 0.3) is 23.0 Å². The van der Waals surface area contributed by atoms with Crippen molar-refractivity contribution in [3.8, 4) is 16.9 Å². The Labute approximate surface area is 181 Å². The number of hydrogen-bond donors (Lipinski definition) is 0. The number of benzene rings is 2. The van der Waals surface area contributed by atoms with Gasteiger partial charge in [-0.3, -0.25) is 4.79 Å². The van der Waals surface area contributed by atoms with Gasteiger partial charge >= 0.3 is 0 Å². The van der Waals surface area contributed by atoms with Gasteiger partial charge in [0.05, 0.1) is 23.6 Å². The van der Waals surface area contributed by atoms with Crippen molar-refractivity contribution >= 4 is 23.6 Å². The molecule has 1 aromatic heterocycles. The van der Waals surface area contributed by atoms with Crippen molar-refractivity contribution in [1.29, 1.82) is 0 Å². The Balaban J connectivity index is 1.65. The number of aromatic nitrogens is 2. The summed E-state index contributed by atoms with van der Waals surface area (Å²) >= 11 is 6.05. The highest BCUT2D eigenvalue weighted by atomic mass is 35.5. The largest absolute Gasteiger partial charge is 0.372 e. The molecule has 1 amide bonds. The summed E-state index contributed by atoms with van der Waals surface area (Å²) in [5.74, 6) is -0.0217. The highest BCUT2D eigenvalue weighted by molar-refractivity contribution is 6.30. The first-order valence-electron chi connectivity index (χ1n) is 10.0. The summed E-state index contributed by atoms with van der Waals surface area (Å²) in [6, 6.07) is 17.5. The molecule has 1 aliphatic rings. The van der Waals surface area contributed by atoms with Gasteiger partial charge in [0.15, 0.2) is 0 Å². The van der Waals surface area contributed by atoms with Crippen LogP contribution in [0.5, 0.6) is 0 Å². The van der Waals surface area contributed by atoms with E-state index in [1.54, 1.807) is 6.08 Å². The molecule has 0 saturated carbocycles. The van der Waals surface area contributed by atoms with Gasteiger partial charge in [-0.2, -0.15) is 5.10 Å². The maximum atomic E-state index is 12.8. The molecular formula is C24H24ClN3O2. The van der Waals surface area contributed by atoms with Crippen LogP contribution in [-0.4, -0.2) is 45.9 Å². The second-order valence-corrected chi connectivity index (χ2v) is 7.99. The SMILES string of the molecule is C[C@@H]1CN(C(=O)/C=C/c2cn(-c3ccccc3)nc2-c2ccc(Cl)cc2)C[C@H](C)O1. The van der Waals surface area contributed by atoms with Crippen molar-refractivity contribution < 1.29 is 9.53 Å². The third-order valence-electron chi connectivity index (χ3n) is 5.02. The van der Waals surface area contributed by atoms with Crippen molar-refractivity contribution in [2.75, 3.05) is 13.1 Å². The Morgan fingerprint density at radius 1 is 1.07 bits per heavy atom. The van der Waals surface area contributed by atoms with Crippen LogP contribution in [0.1, 0.15) is 19.4 Å². The quantitative estimate of drug-likeness (QED) is 0.566. The number of para-hydroxylation sites is 1. The van der Waals surface area contributed by atoms with Gasteiger partial charge in [0, 0.05) is 41.5 Å². The van der Waals surface area contributed by atoms with Gasteiger partial charge in [-0.25, -0.2) is 4.68 Å². The molecule has 2 aromatic carbocycles. The van der Waals surface area contributed by atoms with Crippen molar-refractivity contribution in [2.45, 2.75) is 26.1 Å². The minimum Gasteiger partial charge on any atom is -0.372 e. The number of halogens is 1. The number of nitrogens with zero attached hydrogens (tertiary/aromatic N) is 3. The second kappa shape index (κ2) is 8.86. The molecule has 154 valence electrons. The van der Waals surface area contributed by atoms with Crippen molar-refractivity contribution in [3.63, 3.8) is 0 Å². The van der Waals surface area contributed by atoms with Gasteiger partial charge in [-0.1, -0.05) is 41.9 Å². The zero-order chi connectivity index (χ0) is 21.1. The fourth-order valence-electron chi connectivity index (χ4n) is 3.68. The van der Waals surface area contributed by atoms with Crippen molar-refractivity contribution in [1.82, 2.24) is 14.7 Å². The van der Waals surface area contributed by atoms with Gasteiger partial charge in [0.25, 0.3) is 0 Å². The normalized spacial score (nSPS) is 19.4. The lowest BCUT2D eigenvalue weighted by atomic mass is 10.1. The molecule has 1 aliphatic heterocycles. The predicted molar refractivity (Wildman–Crippen MR) is 120 cm³/mol. The van der Waals surface area contributed by atoms with E-state index in [4.69, 9.17) is 21.4 Å². The fourth-order valence-corrected chi connectivity index (χ4v) is 3.80. The molecule has 2 atom stereocenters. The van der Waals surface area contributed by atoms with E-state index < -0.39 is 0 Å². The van der Waals surface area contributed by atoms with E-state index in [-0.39, 0.29) is 18.1 Å². The Bertz CT molecular complexity index is 1030. The fraction of sp³-hybridized carbons (Fsp3) is 0.250. The van der Waals surface area contributed by atoms with Gasteiger partial charge < -0.3 is 9.64 Å². The minimum atomic E-state index is -0.0217. The van der Waals surface area contributed by atoms with Gasteiger partial charge in [-0.05, 0) is 44.2 Å². The highest BCUT2D eigenvalue weighted by Crippen LogP contribution is 2.26. The van der Waals surface area contributed by atoms with E-state index in [0.29, 0.717) is 18.1 Å². The lowest BCUT2D eigenvalue weighted by molar-refractivity contribution is -0.137. The third-order valence-corrected chi connectivity index (χ3v) is 5.27. The number of hydrogen-bond acceptors (Lipinski definition) is 3. The molecule has 0 N–H and O–H groups in total. The van der Waals surface area contributed by atoms with Crippen LogP contribution in [-0.2, 0) is 9.53 Å². The maximum Gasteiger partial charge on any atom is 0.246 e. The van der Waals surface area contributed by atoms with Crippen LogP contribution < -0.4 is 0 Å². The van der Waals surface area contributed by atoms with Crippen LogP contribution in [0.2, 0.25) is 5.02 Å². The molecule has 0 spiro atoms. The molecule has 5 nitrogen and oxygen atoms in total.